The topological polar surface area (TPSA) is 12.0 Å². The van der Waals surface area contributed by atoms with Gasteiger partial charge in [0.15, 0.2) is 0 Å². The summed E-state index contributed by atoms with van der Waals surface area (Å²) >= 11 is 0. The summed E-state index contributed by atoms with van der Waals surface area (Å²) in [5.41, 5.74) is 2.45. The molecule has 1 fully saturated rings. The molecule has 1 aromatic rings. The zero-order chi connectivity index (χ0) is 10.5. The Morgan fingerprint density at radius 1 is 1.20 bits per heavy atom. The summed E-state index contributed by atoms with van der Waals surface area (Å²) in [6.45, 7) is 4.35. The van der Waals surface area contributed by atoms with Gasteiger partial charge in [0.25, 0.3) is 0 Å². The summed E-state index contributed by atoms with van der Waals surface area (Å²) in [6.07, 6.45) is 2.39. The summed E-state index contributed by atoms with van der Waals surface area (Å²) in [5, 5.41) is 3.36. The fourth-order valence-corrected chi connectivity index (χ4v) is 1.86. The van der Waals surface area contributed by atoms with E-state index in [0.29, 0.717) is 5.92 Å². The molecular weight excluding hydrogens is 182 g/mol. The number of piperidine rings is 1. The molecule has 0 unspecified atom stereocenters. The third-order valence-corrected chi connectivity index (χ3v) is 2.90. The second-order valence-corrected chi connectivity index (χ2v) is 4.11. The quantitative estimate of drug-likeness (QED) is 0.632. The lowest BCUT2D eigenvalue weighted by Crippen LogP contribution is -2.26. The van der Waals surface area contributed by atoms with Gasteiger partial charge in [0.2, 0.25) is 0 Å². The minimum absolute atomic E-state index is 0.589. The zero-order valence-electron chi connectivity index (χ0n) is 9.22. The van der Waals surface area contributed by atoms with Gasteiger partial charge in [0.05, 0.1) is 0 Å². The van der Waals surface area contributed by atoms with Crippen molar-refractivity contribution in [3.05, 3.63) is 35.4 Å². The number of aryl methyl sites for hydroxylation is 1. The first-order chi connectivity index (χ1) is 7.36. The van der Waals surface area contributed by atoms with Crippen LogP contribution in [-0.4, -0.2) is 13.1 Å². The Bertz CT molecular complexity index is 378. The number of hydrogen-bond donors (Lipinski definition) is 1. The molecule has 0 radical (unpaired) electrons. The van der Waals surface area contributed by atoms with Crippen LogP contribution in [0.25, 0.3) is 0 Å². The fraction of sp³-hybridized carbons (Fsp3) is 0.429. The average Bonchev–Trinajstić information content (AvgIpc) is 2.29. The maximum absolute atomic E-state index is 3.39. The smallest absolute Gasteiger partial charge is 0.0274 e. The van der Waals surface area contributed by atoms with Crippen LogP contribution in [-0.2, 0) is 0 Å². The molecule has 15 heavy (non-hydrogen) atoms. The van der Waals surface area contributed by atoms with Crippen molar-refractivity contribution in [2.75, 3.05) is 13.1 Å². The Morgan fingerprint density at radius 3 is 2.67 bits per heavy atom. The molecule has 2 rings (SSSR count). The molecule has 1 heteroatoms. The average molecular weight is 199 g/mol. The molecule has 0 saturated carbocycles. The van der Waals surface area contributed by atoms with Gasteiger partial charge in [-0.15, -0.1) is 0 Å². The molecule has 0 bridgehead atoms. The lowest BCUT2D eigenvalue weighted by Gasteiger charge is -2.17. The third kappa shape index (κ3) is 2.84. The van der Waals surface area contributed by atoms with Gasteiger partial charge in [0, 0.05) is 11.5 Å². The van der Waals surface area contributed by atoms with E-state index in [9.17, 15) is 0 Å². The number of benzene rings is 1. The Labute approximate surface area is 91.9 Å². The van der Waals surface area contributed by atoms with E-state index in [1.165, 1.54) is 24.0 Å². The highest BCUT2D eigenvalue weighted by Gasteiger charge is 2.09. The van der Waals surface area contributed by atoms with E-state index < -0.39 is 0 Å². The molecule has 0 atom stereocenters. The number of hydrogen-bond acceptors (Lipinski definition) is 1. The monoisotopic (exact) mass is 199 g/mol. The molecule has 1 heterocycles. The van der Waals surface area contributed by atoms with Crippen LogP contribution in [0.3, 0.4) is 0 Å². The maximum atomic E-state index is 3.39. The summed E-state index contributed by atoms with van der Waals surface area (Å²) in [4.78, 5) is 0. The largest absolute Gasteiger partial charge is 0.317 e. The highest BCUT2D eigenvalue weighted by molar-refractivity contribution is 5.40. The Morgan fingerprint density at radius 2 is 1.93 bits per heavy atom. The third-order valence-electron chi connectivity index (χ3n) is 2.90. The van der Waals surface area contributed by atoms with Crippen LogP contribution in [0.1, 0.15) is 24.0 Å². The van der Waals surface area contributed by atoms with Crippen LogP contribution in [0.5, 0.6) is 0 Å². The van der Waals surface area contributed by atoms with E-state index in [0.717, 1.165) is 13.1 Å². The summed E-state index contributed by atoms with van der Waals surface area (Å²) < 4.78 is 0. The van der Waals surface area contributed by atoms with Crippen molar-refractivity contribution >= 4 is 0 Å². The molecule has 0 aliphatic carbocycles. The van der Waals surface area contributed by atoms with Crippen LogP contribution >= 0.6 is 0 Å². The highest BCUT2D eigenvalue weighted by atomic mass is 14.9. The first-order valence-corrected chi connectivity index (χ1v) is 5.64. The molecule has 0 amide bonds. The van der Waals surface area contributed by atoms with E-state index in [2.05, 4.69) is 48.3 Å². The predicted octanol–water partition coefficient (Wildman–Crippen LogP) is 2.35. The van der Waals surface area contributed by atoms with Gasteiger partial charge in [-0.1, -0.05) is 30.0 Å². The van der Waals surface area contributed by atoms with Crippen LogP contribution in [0.15, 0.2) is 24.3 Å². The van der Waals surface area contributed by atoms with Crippen molar-refractivity contribution in [3.63, 3.8) is 0 Å². The molecule has 0 aromatic heterocycles. The van der Waals surface area contributed by atoms with Crippen molar-refractivity contribution in [1.29, 1.82) is 0 Å². The number of rotatable bonds is 0. The summed E-state index contributed by atoms with van der Waals surface area (Å²) in [5.74, 6) is 7.28. The van der Waals surface area contributed by atoms with Crippen LogP contribution in [0.2, 0.25) is 0 Å². The van der Waals surface area contributed by atoms with Gasteiger partial charge in [-0.3, -0.25) is 0 Å². The molecule has 78 valence electrons. The fourth-order valence-electron chi connectivity index (χ4n) is 1.86. The van der Waals surface area contributed by atoms with Gasteiger partial charge in [-0.25, -0.2) is 0 Å². The van der Waals surface area contributed by atoms with E-state index in [1.54, 1.807) is 0 Å². The first kappa shape index (κ1) is 10.3. The second kappa shape index (κ2) is 5.00. The molecule has 1 aromatic carbocycles. The molecule has 1 N–H and O–H groups in total. The predicted molar refractivity (Wildman–Crippen MR) is 63.7 cm³/mol. The molecule has 1 nitrogen and oxygen atoms in total. The summed E-state index contributed by atoms with van der Waals surface area (Å²) in [7, 11) is 0. The summed E-state index contributed by atoms with van der Waals surface area (Å²) in [6, 6.07) is 8.33. The lowest BCUT2D eigenvalue weighted by molar-refractivity contribution is 0.447. The van der Waals surface area contributed by atoms with Crippen molar-refractivity contribution in [2.45, 2.75) is 19.8 Å². The van der Waals surface area contributed by atoms with Gasteiger partial charge in [-0.2, -0.15) is 0 Å². The minimum Gasteiger partial charge on any atom is -0.317 e. The van der Waals surface area contributed by atoms with Crippen molar-refractivity contribution in [2.24, 2.45) is 5.92 Å². The first-order valence-electron chi connectivity index (χ1n) is 5.64. The van der Waals surface area contributed by atoms with Gasteiger partial charge >= 0.3 is 0 Å². The van der Waals surface area contributed by atoms with Gasteiger partial charge in [0.1, 0.15) is 0 Å². The van der Waals surface area contributed by atoms with Crippen LogP contribution in [0.4, 0.5) is 0 Å². The molecular formula is C14H17N. The van der Waals surface area contributed by atoms with Crippen molar-refractivity contribution in [3.8, 4) is 11.8 Å². The lowest BCUT2D eigenvalue weighted by atomic mass is 9.98. The Hall–Kier alpha value is -1.26. The van der Waals surface area contributed by atoms with E-state index in [-0.39, 0.29) is 0 Å². The maximum Gasteiger partial charge on any atom is 0.0274 e. The molecule has 0 spiro atoms. The molecule has 1 saturated heterocycles. The van der Waals surface area contributed by atoms with Gasteiger partial charge in [-0.05, 0) is 44.5 Å². The minimum atomic E-state index is 0.589. The normalized spacial score (nSPS) is 16.9. The van der Waals surface area contributed by atoms with Gasteiger partial charge < -0.3 is 5.32 Å². The molecule has 1 aliphatic rings. The van der Waals surface area contributed by atoms with E-state index in [4.69, 9.17) is 0 Å². The van der Waals surface area contributed by atoms with Crippen molar-refractivity contribution in [1.82, 2.24) is 5.32 Å². The Balaban J connectivity index is 2.07. The standard InChI is InChI=1S/C14H17N/c1-12-4-2-3-5-14(12)7-6-13-8-10-15-11-9-13/h2-5,13,15H,8-11H2,1H3. The van der Waals surface area contributed by atoms with E-state index in [1.807, 2.05) is 0 Å². The highest BCUT2D eigenvalue weighted by Crippen LogP contribution is 2.11. The van der Waals surface area contributed by atoms with Crippen LogP contribution in [0, 0.1) is 24.7 Å². The van der Waals surface area contributed by atoms with Crippen LogP contribution < -0.4 is 5.32 Å². The molecule has 1 aliphatic heterocycles. The second-order valence-electron chi connectivity index (χ2n) is 4.11. The zero-order valence-corrected chi connectivity index (χ0v) is 9.22. The Kier molecular flexibility index (Phi) is 3.42. The number of nitrogens with one attached hydrogen (secondary N) is 1. The SMILES string of the molecule is Cc1ccccc1C#CC1CCNCC1. The van der Waals surface area contributed by atoms with E-state index >= 15 is 0 Å². The van der Waals surface area contributed by atoms with Crippen molar-refractivity contribution < 1.29 is 0 Å².